The van der Waals surface area contributed by atoms with Crippen LogP contribution in [0.1, 0.15) is 40.8 Å². The first-order valence-electron chi connectivity index (χ1n) is 7.70. The zero-order valence-electron chi connectivity index (χ0n) is 13.6. The van der Waals surface area contributed by atoms with Crippen LogP contribution in [0.2, 0.25) is 0 Å². The Morgan fingerprint density at radius 2 is 1.96 bits per heavy atom. The van der Waals surface area contributed by atoms with Gasteiger partial charge in [0, 0.05) is 11.6 Å². The Balaban J connectivity index is 1.81. The van der Waals surface area contributed by atoms with Crippen LogP contribution in [0.25, 0.3) is 0 Å². The molecule has 3 N–H and O–H groups in total. The van der Waals surface area contributed by atoms with E-state index < -0.39 is 21.5 Å². The number of hydrogen-bond acceptors (Lipinski definition) is 4. The summed E-state index contributed by atoms with van der Waals surface area (Å²) >= 11 is 0. The Morgan fingerprint density at radius 3 is 2.58 bits per heavy atom. The van der Waals surface area contributed by atoms with E-state index in [1.165, 1.54) is 24.1 Å². The highest BCUT2D eigenvalue weighted by atomic mass is 32.2. The Hall–Kier alpha value is -2.12. The van der Waals surface area contributed by atoms with Gasteiger partial charge in [-0.3, -0.25) is 4.79 Å². The molecule has 2 aromatic rings. The highest BCUT2D eigenvalue weighted by Gasteiger charge is 2.32. The maximum absolute atomic E-state index is 12.5. The number of hydrogen-bond donors (Lipinski definition) is 2. The van der Waals surface area contributed by atoms with Crippen LogP contribution >= 0.6 is 0 Å². The van der Waals surface area contributed by atoms with E-state index in [9.17, 15) is 13.2 Å². The van der Waals surface area contributed by atoms with Gasteiger partial charge in [0.1, 0.15) is 10.7 Å². The molecule has 1 atom stereocenters. The first kappa shape index (κ1) is 16.7. The second kappa shape index (κ2) is 5.75. The number of primary sulfonamides is 1. The van der Waals surface area contributed by atoms with E-state index in [2.05, 4.69) is 17.4 Å². The van der Waals surface area contributed by atoms with Crippen LogP contribution in [-0.2, 0) is 22.9 Å². The Labute approximate surface area is 141 Å². The molecule has 0 spiro atoms. The molecule has 0 saturated heterocycles. The standard InChI is InChI=1S/C17H20N2O4S/c1-11-15(24(18,21)22)9-14(23-11)16(20)19-17(2)8-7-12-5-3-4-6-13(12)10-17/h3-6,9H,7-8,10H2,1-2H3,(H,19,20)(H2,18,21,22)/t17-/m0/s1. The van der Waals surface area contributed by atoms with E-state index >= 15 is 0 Å². The molecule has 1 aliphatic rings. The lowest BCUT2D eigenvalue weighted by molar-refractivity contribution is 0.0868. The summed E-state index contributed by atoms with van der Waals surface area (Å²) in [6.45, 7) is 3.45. The van der Waals surface area contributed by atoms with E-state index in [0.717, 1.165) is 19.3 Å². The topological polar surface area (TPSA) is 102 Å². The molecule has 0 radical (unpaired) electrons. The molecule has 0 unspecified atom stereocenters. The van der Waals surface area contributed by atoms with Crippen molar-refractivity contribution in [2.24, 2.45) is 5.14 Å². The third-order valence-electron chi connectivity index (χ3n) is 4.46. The Kier molecular flexibility index (Phi) is 4.01. The lowest BCUT2D eigenvalue weighted by Gasteiger charge is -2.35. The van der Waals surface area contributed by atoms with Gasteiger partial charge in [0.05, 0.1) is 0 Å². The maximum Gasteiger partial charge on any atom is 0.287 e. The van der Waals surface area contributed by atoms with Crippen molar-refractivity contribution in [1.82, 2.24) is 5.32 Å². The quantitative estimate of drug-likeness (QED) is 0.884. The molecule has 7 heteroatoms. The molecule has 0 aliphatic heterocycles. The largest absolute Gasteiger partial charge is 0.455 e. The van der Waals surface area contributed by atoms with Crippen molar-refractivity contribution in [3.05, 3.63) is 53.0 Å². The van der Waals surface area contributed by atoms with Gasteiger partial charge in [0.2, 0.25) is 10.0 Å². The van der Waals surface area contributed by atoms with Crippen molar-refractivity contribution in [2.75, 3.05) is 0 Å². The summed E-state index contributed by atoms with van der Waals surface area (Å²) in [5.74, 6) is -0.367. The highest BCUT2D eigenvalue weighted by molar-refractivity contribution is 7.89. The highest BCUT2D eigenvalue weighted by Crippen LogP contribution is 2.29. The molecular formula is C17H20N2O4S. The van der Waals surface area contributed by atoms with Gasteiger partial charge in [0.25, 0.3) is 5.91 Å². The van der Waals surface area contributed by atoms with Crippen molar-refractivity contribution in [3.8, 4) is 0 Å². The second-order valence-electron chi connectivity index (χ2n) is 6.54. The fourth-order valence-electron chi connectivity index (χ4n) is 3.20. The molecule has 3 rings (SSSR count). The van der Waals surface area contributed by atoms with E-state index in [0.29, 0.717) is 0 Å². The molecule has 1 aromatic heterocycles. The zero-order chi connectivity index (χ0) is 17.5. The summed E-state index contributed by atoms with van der Waals surface area (Å²) in [6.07, 6.45) is 2.40. The predicted octanol–water partition coefficient (Wildman–Crippen LogP) is 1.91. The molecule has 0 fully saturated rings. The minimum absolute atomic E-state index is 0.0448. The molecule has 24 heavy (non-hydrogen) atoms. The summed E-state index contributed by atoms with van der Waals surface area (Å²) in [5, 5.41) is 8.09. The maximum atomic E-state index is 12.5. The first-order chi connectivity index (χ1) is 11.2. The van der Waals surface area contributed by atoms with Crippen molar-refractivity contribution in [3.63, 3.8) is 0 Å². The third-order valence-corrected chi connectivity index (χ3v) is 5.48. The average Bonchev–Trinajstić information content (AvgIpc) is 2.89. The normalized spacial score (nSPS) is 20.5. The number of nitrogens with two attached hydrogens (primary N) is 1. The van der Waals surface area contributed by atoms with Crippen LogP contribution in [0.15, 0.2) is 39.6 Å². The van der Waals surface area contributed by atoms with Gasteiger partial charge in [-0.2, -0.15) is 0 Å². The Bertz CT molecular complexity index is 901. The van der Waals surface area contributed by atoms with Crippen molar-refractivity contribution in [2.45, 2.75) is 43.5 Å². The minimum atomic E-state index is -3.91. The monoisotopic (exact) mass is 348 g/mol. The number of sulfonamides is 1. The van der Waals surface area contributed by atoms with E-state index in [1.54, 1.807) is 0 Å². The van der Waals surface area contributed by atoms with Crippen LogP contribution in [0, 0.1) is 6.92 Å². The minimum Gasteiger partial charge on any atom is -0.455 e. The molecule has 0 saturated carbocycles. The number of carbonyl (C=O) groups excluding carboxylic acids is 1. The van der Waals surface area contributed by atoms with Crippen molar-refractivity contribution >= 4 is 15.9 Å². The number of furan rings is 1. The van der Waals surface area contributed by atoms with Gasteiger partial charge < -0.3 is 9.73 Å². The smallest absolute Gasteiger partial charge is 0.287 e. The number of fused-ring (bicyclic) bond motifs is 1. The molecule has 1 aromatic carbocycles. The summed E-state index contributed by atoms with van der Waals surface area (Å²) in [4.78, 5) is 12.3. The number of nitrogens with one attached hydrogen (secondary N) is 1. The zero-order valence-corrected chi connectivity index (χ0v) is 14.4. The first-order valence-corrected chi connectivity index (χ1v) is 9.25. The number of benzene rings is 1. The van der Waals surface area contributed by atoms with E-state index in [4.69, 9.17) is 9.56 Å². The molecule has 1 heterocycles. The molecule has 6 nitrogen and oxygen atoms in total. The Morgan fingerprint density at radius 1 is 1.29 bits per heavy atom. The van der Waals surface area contributed by atoms with Gasteiger partial charge >= 0.3 is 0 Å². The van der Waals surface area contributed by atoms with Gasteiger partial charge in [-0.1, -0.05) is 24.3 Å². The second-order valence-corrected chi connectivity index (χ2v) is 8.07. The molecule has 1 amide bonds. The number of aryl methyl sites for hydroxylation is 2. The third kappa shape index (κ3) is 3.22. The fourth-order valence-corrected chi connectivity index (χ4v) is 3.91. The van der Waals surface area contributed by atoms with Crippen LogP contribution in [0.4, 0.5) is 0 Å². The lowest BCUT2D eigenvalue weighted by Crippen LogP contribution is -2.49. The summed E-state index contributed by atoms with van der Waals surface area (Å²) < 4.78 is 28.2. The van der Waals surface area contributed by atoms with Crippen LogP contribution < -0.4 is 10.5 Å². The van der Waals surface area contributed by atoms with E-state index in [1.807, 2.05) is 19.1 Å². The SMILES string of the molecule is Cc1oc(C(=O)N[C@@]2(C)CCc3ccccc3C2)cc1S(N)(=O)=O. The van der Waals surface area contributed by atoms with Crippen molar-refractivity contribution in [1.29, 1.82) is 0 Å². The van der Waals surface area contributed by atoms with E-state index in [-0.39, 0.29) is 16.4 Å². The number of amides is 1. The molecular weight excluding hydrogens is 328 g/mol. The van der Waals surface area contributed by atoms with Crippen LogP contribution in [0.5, 0.6) is 0 Å². The fraction of sp³-hybridized carbons (Fsp3) is 0.353. The van der Waals surface area contributed by atoms with Gasteiger partial charge in [-0.25, -0.2) is 13.6 Å². The van der Waals surface area contributed by atoms with Gasteiger partial charge in [0.15, 0.2) is 5.76 Å². The molecule has 128 valence electrons. The van der Waals surface area contributed by atoms with Crippen LogP contribution in [-0.4, -0.2) is 19.9 Å². The van der Waals surface area contributed by atoms with Gasteiger partial charge in [-0.15, -0.1) is 0 Å². The van der Waals surface area contributed by atoms with Crippen LogP contribution in [0.3, 0.4) is 0 Å². The lowest BCUT2D eigenvalue weighted by atomic mass is 9.79. The summed E-state index contributed by atoms with van der Waals surface area (Å²) in [5.41, 5.74) is 2.11. The number of carbonyl (C=O) groups is 1. The average molecular weight is 348 g/mol. The molecule has 0 bridgehead atoms. The predicted molar refractivity (Wildman–Crippen MR) is 89.2 cm³/mol. The number of rotatable bonds is 3. The molecule has 1 aliphatic carbocycles. The van der Waals surface area contributed by atoms with Gasteiger partial charge in [-0.05, 0) is 44.2 Å². The summed E-state index contributed by atoms with van der Waals surface area (Å²) in [7, 11) is -3.91. The summed E-state index contributed by atoms with van der Waals surface area (Å²) in [6, 6.07) is 9.35. The van der Waals surface area contributed by atoms with Crippen molar-refractivity contribution < 1.29 is 17.6 Å².